The van der Waals surface area contributed by atoms with Gasteiger partial charge < -0.3 is 5.32 Å². The molecule has 0 aromatic carbocycles. The average molecular weight is 175 g/mol. The zero-order valence-corrected chi connectivity index (χ0v) is 8.12. The molecule has 1 rings (SSSR count). The van der Waals surface area contributed by atoms with E-state index in [0.29, 0.717) is 12.0 Å². The second-order valence-electron chi connectivity index (χ2n) is 3.26. The fraction of sp³-hybridized carbons (Fsp3) is 1.00. The molecule has 1 aliphatic rings. The molecule has 1 heterocycles. The van der Waals surface area contributed by atoms with Crippen LogP contribution >= 0.6 is 0 Å². The molecule has 0 bridgehead atoms. The highest BCUT2D eigenvalue weighted by Crippen LogP contribution is 2.11. The van der Waals surface area contributed by atoms with Crippen LogP contribution in [0.4, 0.5) is 0 Å². The predicted molar refractivity (Wildman–Crippen MR) is 49.1 cm³/mol. The Morgan fingerprint density at radius 2 is 2.45 bits per heavy atom. The molecule has 0 aromatic rings. The maximum Gasteiger partial charge on any atom is 0.0391 e. The lowest BCUT2D eigenvalue weighted by atomic mass is 10.0. The minimum atomic E-state index is -0.555. The van der Waals surface area contributed by atoms with Crippen LogP contribution in [0.15, 0.2) is 0 Å². The third-order valence-corrected chi connectivity index (χ3v) is 3.82. The number of hydrogen-bond acceptors (Lipinski definition) is 2. The molecule has 0 aliphatic carbocycles. The van der Waals surface area contributed by atoms with Gasteiger partial charge in [0.1, 0.15) is 0 Å². The highest BCUT2D eigenvalue weighted by atomic mass is 32.2. The molecule has 1 aliphatic heterocycles. The van der Waals surface area contributed by atoms with Gasteiger partial charge in [0.25, 0.3) is 0 Å². The molecule has 3 unspecified atom stereocenters. The smallest absolute Gasteiger partial charge is 0.0391 e. The predicted octanol–water partition coefficient (Wildman–Crippen LogP) is 0.753. The van der Waals surface area contributed by atoms with Gasteiger partial charge in [0.2, 0.25) is 0 Å². The topological polar surface area (TPSA) is 29.1 Å². The molecule has 11 heavy (non-hydrogen) atoms. The van der Waals surface area contributed by atoms with Crippen molar-refractivity contribution in [3.63, 3.8) is 0 Å². The molecular weight excluding hydrogens is 158 g/mol. The fourth-order valence-electron chi connectivity index (χ4n) is 1.35. The first-order chi connectivity index (χ1) is 5.24. The van der Waals surface area contributed by atoms with Crippen molar-refractivity contribution in [3.8, 4) is 0 Å². The third-order valence-electron chi connectivity index (χ3n) is 2.43. The largest absolute Gasteiger partial charge is 0.312 e. The Kier molecular flexibility index (Phi) is 3.52. The lowest BCUT2D eigenvalue weighted by Crippen LogP contribution is -2.46. The second kappa shape index (κ2) is 4.21. The molecule has 1 N–H and O–H groups in total. The maximum atomic E-state index is 11.2. The normalized spacial score (nSPS) is 35.1. The summed E-state index contributed by atoms with van der Waals surface area (Å²) in [7, 11) is -0.555. The SMILES string of the molecule is CCC(C)C1CS(=O)CCN1. The minimum Gasteiger partial charge on any atom is -0.312 e. The van der Waals surface area contributed by atoms with Crippen molar-refractivity contribution in [1.29, 1.82) is 0 Å². The minimum absolute atomic E-state index is 0.495. The Labute approximate surface area is 71.2 Å². The number of rotatable bonds is 2. The Morgan fingerprint density at radius 1 is 1.73 bits per heavy atom. The van der Waals surface area contributed by atoms with Gasteiger partial charge in [0, 0.05) is 34.9 Å². The monoisotopic (exact) mass is 175 g/mol. The van der Waals surface area contributed by atoms with Gasteiger partial charge in [-0.05, 0) is 5.92 Å². The summed E-state index contributed by atoms with van der Waals surface area (Å²) in [6.45, 7) is 5.34. The van der Waals surface area contributed by atoms with Gasteiger partial charge in [-0.15, -0.1) is 0 Å². The Hall–Kier alpha value is 0.110. The Morgan fingerprint density at radius 3 is 3.00 bits per heavy atom. The van der Waals surface area contributed by atoms with Gasteiger partial charge in [0.15, 0.2) is 0 Å². The first-order valence-corrected chi connectivity index (χ1v) is 5.81. The first kappa shape index (κ1) is 9.20. The van der Waals surface area contributed by atoms with E-state index >= 15 is 0 Å². The van der Waals surface area contributed by atoms with E-state index in [9.17, 15) is 4.21 Å². The Balaban J connectivity index is 2.39. The second-order valence-corrected chi connectivity index (χ2v) is 4.88. The van der Waals surface area contributed by atoms with Gasteiger partial charge in [-0.1, -0.05) is 20.3 Å². The molecule has 1 fully saturated rings. The fourth-order valence-corrected chi connectivity index (χ4v) is 2.71. The molecule has 1 saturated heterocycles. The lowest BCUT2D eigenvalue weighted by Gasteiger charge is -2.27. The van der Waals surface area contributed by atoms with Gasteiger partial charge >= 0.3 is 0 Å². The molecule has 0 aromatic heterocycles. The van der Waals surface area contributed by atoms with E-state index in [1.807, 2.05) is 0 Å². The summed E-state index contributed by atoms with van der Waals surface area (Å²) >= 11 is 0. The molecule has 3 heteroatoms. The summed E-state index contributed by atoms with van der Waals surface area (Å²) in [5.74, 6) is 2.36. The lowest BCUT2D eigenvalue weighted by molar-refractivity contribution is 0.394. The summed E-state index contributed by atoms with van der Waals surface area (Å²) in [6.07, 6.45) is 1.18. The van der Waals surface area contributed by atoms with E-state index < -0.39 is 10.8 Å². The summed E-state index contributed by atoms with van der Waals surface area (Å²) in [5, 5.41) is 3.41. The van der Waals surface area contributed by atoms with Crippen molar-refractivity contribution in [2.45, 2.75) is 26.3 Å². The van der Waals surface area contributed by atoms with Crippen LogP contribution in [0.2, 0.25) is 0 Å². The van der Waals surface area contributed by atoms with Crippen LogP contribution in [0.3, 0.4) is 0 Å². The first-order valence-electron chi connectivity index (χ1n) is 4.32. The molecule has 0 spiro atoms. The van der Waals surface area contributed by atoms with Gasteiger partial charge in [-0.25, -0.2) is 0 Å². The van der Waals surface area contributed by atoms with E-state index in [2.05, 4.69) is 19.2 Å². The van der Waals surface area contributed by atoms with Crippen LogP contribution in [-0.4, -0.2) is 28.3 Å². The molecule has 2 nitrogen and oxygen atoms in total. The van der Waals surface area contributed by atoms with E-state index in [4.69, 9.17) is 0 Å². The maximum absolute atomic E-state index is 11.2. The van der Waals surface area contributed by atoms with Crippen LogP contribution in [0.25, 0.3) is 0 Å². The van der Waals surface area contributed by atoms with Crippen LogP contribution in [0.1, 0.15) is 20.3 Å². The summed E-state index contributed by atoms with van der Waals surface area (Å²) < 4.78 is 11.2. The van der Waals surface area contributed by atoms with Crippen LogP contribution in [0.5, 0.6) is 0 Å². The molecule has 66 valence electrons. The summed E-state index contributed by atoms with van der Waals surface area (Å²) in [4.78, 5) is 0. The number of nitrogens with one attached hydrogen (secondary N) is 1. The van der Waals surface area contributed by atoms with Crippen LogP contribution < -0.4 is 5.32 Å². The van der Waals surface area contributed by atoms with E-state index in [-0.39, 0.29) is 0 Å². The average Bonchev–Trinajstić information content (AvgIpc) is 2.03. The number of hydrogen-bond donors (Lipinski definition) is 1. The van der Waals surface area contributed by atoms with E-state index in [1.54, 1.807) is 0 Å². The molecule has 0 saturated carbocycles. The molecule has 0 radical (unpaired) electrons. The highest BCUT2D eigenvalue weighted by molar-refractivity contribution is 7.85. The third kappa shape index (κ3) is 2.56. The van der Waals surface area contributed by atoms with Crippen LogP contribution in [0, 0.1) is 5.92 Å². The van der Waals surface area contributed by atoms with Crippen molar-refractivity contribution in [2.24, 2.45) is 5.92 Å². The van der Waals surface area contributed by atoms with Crippen molar-refractivity contribution in [3.05, 3.63) is 0 Å². The summed E-state index contributed by atoms with van der Waals surface area (Å²) in [5.41, 5.74) is 0. The van der Waals surface area contributed by atoms with E-state index in [1.165, 1.54) is 6.42 Å². The zero-order valence-electron chi connectivity index (χ0n) is 7.30. The van der Waals surface area contributed by atoms with E-state index in [0.717, 1.165) is 18.1 Å². The molecular formula is C8H17NOS. The Bertz CT molecular complexity index is 149. The van der Waals surface area contributed by atoms with Gasteiger partial charge in [-0.2, -0.15) is 0 Å². The quantitative estimate of drug-likeness (QED) is 0.671. The van der Waals surface area contributed by atoms with Crippen molar-refractivity contribution in [2.75, 3.05) is 18.1 Å². The zero-order chi connectivity index (χ0) is 8.27. The standard InChI is InChI=1S/C8H17NOS/c1-3-7(2)8-6-11(10)5-4-9-8/h7-9H,3-6H2,1-2H3. The molecule has 3 atom stereocenters. The summed E-state index contributed by atoms with van der Waals surface area (Å²) in [6, 6.07) is 0.495. The molecule has 0 amide bonds. The van der Waals surface area contributed by atoms with Crippen molar-refractivity contribution < 1.29 is 4.21 Å². The van der Waals surface area contributed by atoms with Crippen LogP contribution in [-0.2, 0) is 10.8 Å². The van der Waals surface area contributed by atoms with Crippen molar-refractivity contribution in [1.82, 2.24) is 5.32 Å². The van der Waals surface area contributed by atoms with Gasteiger partial charge in [-0.3, -0.25) is 4.21 Å². The highest BCUT2D eigenvalue weighted by Gasteiger charge is 2.21. The van der Waals surface area contributed by atoms with Gasteiger partial charge in [0.05, 0.1) is 0 Å². The van der Waals surface area contributed by atoms with Crippen molar-refractivity contribution >= 4 is 10.8 Å².